The van der Waals surface area contributed by atoms with E-state index < -0.39 is 0 Å². The van der Waals surface area contributed by atoms with E-state index in [1.165, 1.54) is 0 Å². The summed E-state index contributed by atoms with van der Waals surface area (Å²) in [7, 11) is 0. The van der Waals surface area contributed by atoms with Crippen LogP contribution in [0.2, 0.25) is 0 Å². The van der Waals surface area contributed by atoms with Crippen molar-refractivity contribution in [3.63, 3.8) is 0 Å². The number of nitrogens with one attached hydrogen (secondary N) is 1. The van der Waals surface area contributed by atoms with Crippen LogP contribution in [-0.2, 0) is 17.9 Å². The molecule has 0 saturated heterocycles. The first-order valence-corrected chi connectivity index (χ1v) is 7.57. The predicted octanol–water partition coefficient (Wildman–Crippen LogP) is 2.48. The van der Waals surface area contributed by atoms with Gasteiger partial charge in [0.25, 0.3) is 0 Å². The van der Waals surface area contributed by atoms with Crippen molar-refractivity contribution in [1.82, 2.24) is 10.3 Å². The molecule has 5 heteroatoms. The lowest BCUT2D eigenvalue weighted by atomic mass is 10.1. The molecule has 1 aromatic heterocycles. The highest BCUT2D eigenvalue weighted by Crippen LogP contribution is 2.26. The smallest absolute Gasteiger partial charge is 0.244 e. The average molecular weight is 287 g/mol. The maximum atomic E-state index is 12.6. The number of thiazole rings is 1. The van der Waals surface area contributed by atoms with E-state index in [4.69, 9.17) is 0 Å². The Morgan fingerprint density at radius 2 is 2.25 bits per heavy atom. The Morgan fingerprint density at radius 1 is 1.45 bits per heavy atom. The number of aromatic nitrogens is 1. The van der Waals surface area contributed by atoms with Crippen molar-refractivity contribution in [2.45, 2.75) is 33.0 Å². The van der Waals surface area contributed by atoms with Gasteiger partial charge in [0.1, 0.15) is 5.01 Å². The molecule has 0 bridgehead atoms. The third kappa shape index (κ3) is 2.46. The minimum Gasteiger partial charge on any atom is -0.304 e. The molecule has 1 N–H and O–H groups in total. The fourth-order valence-electron chi connectivity index (χ4n) is 2.40. The number of para-hydroxylation sites is 1. The predicted molar refractivity (Wildman–Crippen MR) is 80.8 cm³/mol. The van der Waals surface area contributed by atoms with Crippen LogP contribution in [0, 0.1) is 6.92 Å². The first kappa shape index (κ1) is 13.3. The number of nitrogens with zero attached hydrogens (tertiary/aromatic N) is 2. The van der Waals surface area contributed by atoms with Crippen LogP contribution in [-0.4, -0.2) is 16.9 Å². The molecule has 2 aromatic rings. The average Bonchev–Trinajstić information content (AvgIpc) is 2.82. The van der Waals surface area contributed by atoms with Gasteiger partial charge >= 0.3 is 0 Å². The summed E-state index contributed by atoms with van der Waals surface area (Å²) in [6.07, 6.45) is 0. The van der Waals surface area contributed by atoms with Crippen LogP contribution in [0.25, 0.3) is 0 Å². The van der Waals surface area contributed by atoms with E-state index in [9.17, 15) is 4.79 Å². The maximum absolute atomic E-state index is 12.6. The Kier molecular flexibility index (Phi) is 3.54. The van der Waals surface area contributed by atoms with Gasteiger partial charge in [0.15, 0.2) is 0 Å². The molecule has 104 valence electrons. The summed E-state index contributed by atoms with van der Waals surface area (Å²) in [6.45, 7) is 5.15. The highest BCUT2D eigenvalue weighted by atomic mass is 32.1. The number of hydrogen-bond acceptors (Lipinski definition) is 4. The van der Waals surface area contributed by atoms with Gasteiger partial charge in [0, 0.05) is 23.3 Å². The van der Waals surface area contributed by atoms with Crippen LogP contribution < -0.4 is 10.2 Å². The molecule has 2 heterocycles. The molecule has 1 atom stereocenters. The van der Waals surface area contributed by atoms with Crippen LogP contribution >= 0.6 is 11.3 Å². The van der Waals surface area contributed by atoms with Crippen molar-refractivity contribution in [1.29, 1.82) is 0 Å². The monoisotopic (exact) mass is 287 g/mol. The summed E-state index contributed by atoms with van der Waals surface area (Å²) < 4.78 is 0. The maximum Gasteiger partial charge on any atom is 0.244 e. The number of carbonyl (C=O) groups excluding carboxylic acids is 1. The number of carbonyl (C=O) groups is 1. The van der Waals surface area contributed by atoms with Crippen LogP contribution in [0.3, 0.4) is 0 Å². The van der Waals surface area contributed by atoms with Crippen molar-refractivity contribution in [3.8, 4) is 0 Å². The van der Waals surface area contributed by atoms with E-state index >= 15 is 0 Å². The summed E-state index contributed by atoms with van der Waals surface area (Å²) >= 11 is 1.60. The van der Waals surface area contributed by atoms with Gasteiger partial charge in [-0.3, -0.25) is 4.79 Å². The molecule has 1 aliphatic rings. The summed E-state index contributed by atoms with van der Waals surface area (Å²) in [4.78, 5) is 18.9. The highest BCUT2D eigenvalue weighted by molar-refractivity contribution is 7.09. The van der Waals surface area contributed by atoms with Crippen LogP contribution in [0.1, 0.15) is 23.2 Å². The van der Waals surface area contributed by atoms with Gasteiger partial charge in [0.2, 0.25) is 5.91 Å². The number of fused-ring (bicyclic) bond motifs is 1. The first-order chi connectivity index (χ1) is 9.65. The molecule has 1 unspecified atom stereocenters. The van der Waals surface area contributed by atoms with Gasteiger partial charge in [-0.2, -0.15) is 0 Å². The van der Waals surface area contributed by atoms with Crippen molar-refractivity contribution >= 4 is 22.9 Å². The van der Waals surface area contributed by atoms with Crippen molar-refractivity contribution < 1.29 is 4.79 Å². The Balaban J connectivity index is 1.98. The Hall–Kier alpha value is -1.72. The topological polar surface area (TPSA) is 45.2 Å². The van der Waals surface area contributed by atoms with Crippen molar-refractivity contribution in [2.24, 2.45) is 0 Å². The van der Waals surface area contributed by atoms with Gasteiger partial charge < -0.3 is 10.2 Å². The lowest BCUT2D eigenvalue weighted by Crippen LogP contribution is -2.42. The van der Waals surface area contributed by atoms with Gasteiger partial charge in [-0.25, -0.2) is 4.98 Å². The quantitative estimate of drug-likeness (QED) is 0.923. The zero-order chi connectivity index (χ0) is 14.1. The van der Waals surface area contributed by atoms with Crippen molar-refractivity contribution in [3.05, 3.63) is 45.9 Å². The molecular weight excluding hydrogens is 270 g/mol. The van der Waals surface area contributed by atoms with Crippen LogP contribution in [0.5, 0.6) is 0 Å². The molecule has 1 aliphatic heterocycles. The second kappa shape index (κ2) is 5.34. The van der Waals surface area contributed by atoms with E-state index in [0.717, 1.165) is 28.5 Å². The molecule has 20 heavy (non-hydrogen) atoms. The lowest BCUT2D eigenvalue weighted by molar-refractivity contribution is -0.120. The van der Waals surface area contributed by atoms with Gasteiger partial charge in [0.05, 0.1) is 12.6 Å². The molecule has 3 rings (SSSR count). The number of benzene rings is 1. The third-order valence-electron chi connectivity index (χ3n) is 3.48. The first-order valence-electron chi connectivity index (χ1n) is 6.69. The molecule has 0 spiro atoms. The van der Waals surface area contributed by atoms with E-state index in [1.807, 2.05) is 42.3 Å². The molecule has 1 amide bonds. The van der Waals surface area contributed by atoms with E-state index in [0.29, 0.717) is 6.54 Å². The fraction of sp³-hybridized carbons (Fsp3) is 0.333. The minimum atomic E-state index is -0.177. The highest BCUT2D eigenvalue weighted by Gasteiger charge is 2.27. The number of amides is 1. The van der Waals surface area contributed by atoms with Crippen molar-refractivity contribution in [2.75, 3.05) is 4.90 Å². The normalized spacial score (nSPS) is 18.8. The molecular formula is C15H17N3OS. The number of anilines is 1. The summed E-state index contributed by atoms with van der Waals surface area (Å²) in [6, 6.07) is 7.87. The second-order valence-corrected chi connectivity index (χ2v) is 5.98. The Labute approximate surface area is 122 Å². The Bertz CT molecular complexity index is 638. The van der Waals surface area contributed by atoms with E-state index in [2.05, 4.69) is 16.4 Å². The number of rotatable bonds is 2. The van der Waals surface area contributed by atoms with Gasteiger partial charge in [-0.15, -0.1) is 11.3 Å². The largest absolute Gasteiger partial charge is 0.304 e. The van der Waals surface area contributed by atoms with E-state index in [-0.39, 0.29) is 11.9 Å². The molecule has 4 nitrogen and oxygen atoms in total. The summed E-state index contributed by atoms with van der Waals surface area (Å²) in [5, 5.41) is 6.25. The molecule has 1 aromatic carbocycles. The molecule has 0 fully saturated rings. The lowest BCUT2D eigenvalue weighted by Gasteiger charge is -2.23. The zero-order valence-electron chi connectivity index (χ0n) is 11.6. The van der Waals surface area contributed by atoms with Gasteiger partial charge in [-0.1, -0.05) is 18.2 Å². The fourth-order valence-corrected chi connectivity index (χ4v) is 3.16. The van der Waals surface area contributed by atoms with E-state index in [1.54, 1.807) is 11.3 Å². The zero-order valence-corrected chi connectivity index (χ0v) is 12.4. The minimum absolute atomic E-state index is 0.0998. The molecule has 0 radical (unpaired) electrons. The number of aryl methyl sites for hydroxylation is 1. The van der Waals surface area contributed by atoms with Gasteiger partial charge in [-0.05, 0) is 25.5 Å². The standard InChI is InChI=1S/C15H17N3OS/c1-10-9-20-14(17-10)8-18-13-6-4-3-5-12(13)7-16-11(2)15(18)19/h3-6,9,11,16H,7-8H2,1-2H3. The second-order valence-electron chi connectivity index (χ2n) is 5.04. The SMILES string of the molecule is Cc1csc(CN2C(=O)C(C)NCc3ccccc32)n1. The molecule has 0 saturated carbocycles. The van der Waals surface area contributed by atoms with Crippen LogP contribution in [0.15, 0.2) is 29.6 Å². The molecule has 0 aliphatic carbocycles. The summed E-state index contributed by atoms with van der Waals surface area (Å²) in [5.41, 5.74) is 3.15. The third-order valence-corrected chi connectivity index (χ3v) is 4.43. The van der Waals surface area contributed by atoms with Crippen LogP contribution in [0.4, 0.5) is 5.69 Å². The number of hydrogen-bond donors (Lipinski definition) is 1. The Morgan fingerprint density at radius 3 is 3.00 bits per heavy atom. The summed E-state index contributed by atoms with van der Waals surface area (Å²) in [5.74, 6) is 0.0998.